The molecule has 1 saturated heterocycles. The van der Waals surface area contributed by atoms with Crippen LogP contribution in [0.5, 0.6) is 0 Å². The number of amides is 1. The summed E-state index contributed by atoms with van der Waals surface area (Å²) in [6, 6.07) is 5.95. The smallest absolute Gasteiger partial charge is 0.291 e. The number of carbonyl (C=O) groups is 1. The topological polar surface area (TPSA) is 101 Å². The van der Waals surface area contributed by atoms with Crippen LogP contribution < -0.4 is 10.2 Å². The minimum absolute atomic E-state index is 0.00793. The van der Waals surface area contributed by atoms with E-state index < -0.39 is 0 Å². The Morgan fingerprint density at radius 1 is 1.17 bits per heavy atom. The second-order valence-electron chi connectivity index (χ2n) is 8.69. The summed E-state index contributed by atoms with van der Waals surface area (Å²) in [4.78, 5) is 23.2. The van der Waals surface area contributed by atoms with Crippen molar-refractivity contribution in [3.05, 3.63) is 41.1 Å². The molecule has 1 amide bonds. The average molecular weight is 394 g/mol. The van der Waals surface area contributed by atoms with E-state index in [1.54, 1.807) is 4.52 Å². The number of rotatable bonds is 4. The first kappa shape index (κ1) is 19.2. The van der Waals surface area contributed by atoms with Crippen LogP contribution in [0, 0.1) is 19.8 Å². The highest BCUT2D eigenvalue weighted by Crippen LogP contribution is 2.24. The summed E-state index contributed by atoms with van der Waals surface area (Å²) in [5, 5.41) is 15.9. The Labute approximate surface area is 169 Å². The van der Waals surface area contributed by atoms with Crippen molar-refractivity contribution in [2.45, 2.75) is 40.0 Å². The van der Waals surface area contributed by atoms with E-state index in [1.807, 2.05) is 32.0 Å². The molecule has 1 fully saturated rings. The van der Waals surface area contributed by atoms with Crippen molar-refractivity contribution >= 4 is 17.5 Å². The number of anilines is 1. The van der Waals surface area contributed by atoms with Crippen molar-refractivity contribution in [3.63, 3.8) is 0 Å². The zero-order valence-electron chi connectivity index (χ0n) is 17.5. The predicted octanol–water partition coefficient (Wildman–Crippen LogP) is 1.69. The molecule has 9 heteroatoms. The summed E-state index contributed by atoms with van der Waals surface area (Å²) >= 11 is 0. The number of aryl methyl sites for hydroxylation is 2. The highest BCUT2D eigenvalue weighted by Gasteiger charge is 2.29. The molecule has 0 aromatic carbocycles. The van der Waals surface area contributed by atoms with E-state index in [0.717, 1.165) is 36.0 Å². The lowest BCUT2D eigenvalue weighted by Gasteiger charge is -2.40. The van der Waals surface area contributed by atoms with E-state index in [4.69, 9.17) is 0 Å². The quantitative estimate of drug-likeness (QED) is 0.718. The highest BCUT2D eigenvalue weighted by atomic mass is 16.2. The Kier molecular flexibility index (Phi) is 4.68. The first-order chi connectivity index (χ1) is 13.7. The summed E-state index contributed by atoms with van der Waals surface area (Å²) in [5.41, 5.74) is 2.71. The van der Waals surface area contributed by atoms with Gasteiger partial charge in [0, 0.05) is 42.4 Å². The molecule has 0 atom stereocenters. The van der Waals surface area contributed by atoms with Gasteiger partial charge in [-0.25, -0.2) is 9.50 Å². The van der Waals surface area contributed by atoms with Gasteiger partial charge in [0.25, 0.3) is 11.7 Å². The third-order valence-corrected chi connectivity index (χ3v) is 5.07. The molecule has 1 N–H and O–H groups in total. The molecule has 0 aliphatic carbocycles. The summed E-state index contributed by atoms with van der Waals surface area (Å²) in [6.07, 6.45) is 0. The van der Waals surface area contributed by atoms with Crippen LogP contribution in [0.25, 0.3) is 5.78 Å². The van der Waals surface area contributed by atoms with Gasteiger partial charge < -0.3 is 10.2 Å². The molecule has 3 aromatic rings. The zero-order valence-corrected chi connectivity index (χ0v) is 17.5. The second kappa shape index (κ2) is 7.06. The maximum Gasteiger partial charge on any atom is 0.291 e. The molecular weight excluding hydrogens is 368 g/mol. The van der Waals surface area contributed by atoms with Gasteiger partial charge in [0.05, 0.1) is 5.69 Å². The van der Waals surface area contributed by atoms with Crippen LogP contribution in [0.2, 0.25) is 0 Å². The standard InChI is InChI=1S/C20H26N8O/c1-12-8-13(2)28-19(22-12)23-17(26-28)18(29)21-9-14-10-27(11-14)16-7-6-15(24-25-16)20(3,4)5/h6-8,14H,9-11H2,1-5H3,(H,21,29). The fourth-order valence-corrected chi connectivity index (χ4v) is 3.36. The normalized spacial score (nSPS) is 14.9. The molecule has 0 unspecified atom stereocenters. The summed E-state index contributed by atoms with van der Waals surface area (Å²) < 4.78 is 1.59. The maximum absolute atomic E-state index is 12.4. The molecule has 3 aromatic heterocycles. The van der Waals surface area contributed by atoms with Crippen molar-refractivity contribution in [3.8, 4) is 0 Å². The van der Waals surface area contributed by atoms with Gasteiger partial charge in [-0.2, -0.15) is 10.1 Å². The Balaban J connectivity index is 1.31. The van der Waals surface area contributed by atoms with Crippen LogP contribution in [0.1, 0.15) is 48.5 Å². The Bertz CT molecular complexity index is 1040. The number of fused-ring (bicyclic) bond motifs is 1. The minimum Gasteiger partial charge on any atom is -0.354 e. The van der Waals surface area contributed by atoms with Crippen LogP contribution >= 0.6 is 0 Å². The van der Waals surface area contributed by atoms with Gasteiger partial charge in [-0.15, -0.1) is 10.2 Å². The molecule has 9 nitrogen and oxygen atoms in total. The fourth-order valence-electron chi connectivity index (χ4n) is 3.36. The van der Waals surface area contributed by atoms with E-state index in [9.17, 15) is 4.79 Å². The second-order valence-corrected chi connectivity index (χ2v) is 8.69. The third-order valence-electron chi connectivity index (χ3n) is 5.07. The van der Waals surface area contributed by atoms with Crippen LogP contribution in [-0.4, -0.2) is 55.3 Å². The van der Waals surface area contributed by atoms with Crippen LogP contribution in [0.15, 0.2) is 18.2 Å². The molecule has 152 valence electrons. The first-order valence-corrected chi connectivity index (χ1v) is 9.79. The molecule has 0 radical (unpaired) electrons. The minimum atomic E-state index is -0.277. The number of hydrogen-bond donors (Lipinski definition) is 1. The molecule has 4 heterocycles. The van der Waals surface area contributed by atoms with E-state index in [2.05, 4.69) is 56.3 Å². The molecule has 0 bridgehead atoms. The van der Waals surface area contributed by atoms with Gasteiger partial charge in [0.1, 0.15) is 0 Å². The molecule has 29 heavy (non-hydrogen) atoms. The number of hydrogen-bond acceptors (Lipinski definition) is 7. The van der Waals surface area contributed by atoms with Crippen LogP contribution in [0.4, 0.5) is 5.82 Å². The van der Waals surface area contributed by atoms with Crippen LogP contribution in [0.3, 0.4) is 0 Å². The average Bonchev–Trinajstić information content (AvgIpc) is 3.04. The van der Waals surface area contributed by atoms with Gasteiger partial charge in [0.2, 0.25) is 5.82 Å². The molecule has 0 saturated carbocycles. The number of nitrogens with one attached hydrogen (secondary N) is 1. The number of carbonyl (C=O) groups excluding carboxylic acids is 1. The molecule has 1 aliphatic heterocycles. The Hall–Kier alpha value is -3.10. The zero-order chi connectivity index (χ0) is 20.8. The monoisotopic (exact) mass is 394 g/mol. The number of nitrogens with zero attached hydrogens (tertiary/aromatic N) is 7. The molecule has 0 spiro atoms. The third kappa shape index (κ3) is 3.90. The lowest BCUT2D eigenvalue weighted by molar-refractivity contribution is 0.0934. The summed E-state index contributed by atoms with van der Waals surface area (Å²) in [6.45, 7) is 12.4. The van der Waals surface area contributed by atoms with Gasteiger partial charge in [-0.1, -0.05) is 20.8 Å². The van der Waals surface area contributed by atoms with Gasteiger partial charge in [-0.05, 0) is 32.0 Å². The van der Waals surface area contributed by atoms with Crippen molar-refractivity contribution in [2.24, 2.45) is 5.92 Å². The van der Waals surface area contributed by atoms with Crippen molar-refractivity contribution < 1.29 is 4.79 Å². The van der Waals surface area contributed by atoms with Gasteiger partial charge >= 0.3 is 0 Å². The van der Waals surface area contributed by atoms with Gasteiger partial charge in [0.15, 0.2) is 5.82 Å². The SMILES string of the molecule is Cc1cc(C)n2nc(C(=O)NCC3CN(c4ccc(C(C)(C)C)nn4)C3)nc2n1. The molecule has 1 aliphatic rings. The Morgan fingerprint density at radius 2 is 1.93 bits per heavy atom. The number of aromatic nitrogens is 6. The van der Waals surface area contributed by atoms with Crippen molar-refractivity contribution in [1.82, 2.24) is 35.1 Å². The highest BCUT2D eigenvalue weighted by molar-refractivity contribution is 5.90. The van der Waals surface area contributed by atoms with E-state index >= 15 is 0 Å². The largest absolute Gasteiger partial charge is 0.354 e. The lowest BCUT2D eigenvalue weighted by atomic mass is 9.92. The fraction of sp³-hybridized carbons (Fsp3) is 0.500. The van der Waals surface area contributed by atoms with E-state index in [1.165, 1.54) is 0 Å². The van der Waals surface area contributed by atoms with E-state index in [0.29, 0.717) is 18.2 Å². The predicted molar refractivity (Wildman–Crippen MR) is 109 cm³/mol. The lowest BCUT2D eigenvalue weighted by Crippen LogP contribution is -2.52. The molecule has 4 rings (SSSR count). The Morgan fingerprint density at radius 3 is 2.59 bits per heavy atom. The molecular formula is C20H26N8O. The van der Waals surface area contributed by atoms with Gasteiger partial charge in [-0.3, -0.25) is 4.79 Å². The summed E-state index contributed by atoms with van der Waals surface area (Å²) in [7, 11) is 0. The van der Waals surface area contributed by atoms with E-state index in [-0.39, 0.29) is 17.1 Å². The maximum atomic E-state index is 12.4. The van der Waals surface area contributed by atoms with Crippen molar-refractivity contribution in [1.29, 1.82) is 0 Å². The van der Waals surface area contributed by atoms with Crippen LogP contribution in [-0.2, 0) is 5.41 Å². The summed E-state index contributed by atoms with van der Waals surface area (Å²) in [5.74, 6) is 1.55. The first-order valence-electron chi connectivity index (χ1n) is 9.79. The van der Waals surface area contributed by atoms with Crippen molar-refractivity contribution in [2.75, 3.05) is 24.5 Å².